The van der Waals surface area contributed by atoms with Crippen LogP contribution in [0.2, 0.25) is 0 Å². The maximum atomic E-state index is 8.46. The standard InChI is InChI=1S/C10H19NO/c1-7-4-5-10(6-11-12)9(3)8(7)2/h6-10,12H,4-5H2,1-3H3/b11-6-/t7?,8-,9?,10?/m1/s1. The van der Waals surface area contributed by atoms with Gasteiger partial charge in [0.15, 0.2) is 0 Å². The topological polar surface area (TPSA) is 32.6 Å². The molecule has 1 fully saturated rings. The Balaban J connectivity index is 2.58. The van der Waals surface area contributed by atoms with Gasteiger partial charge >= 0.3 is 0 Å². The molecule has 0 radical (unpaired) electrons. The van der Waals surface area contributed by atoms with Gasteiger partial charge in [-0.2, -0.15) is 0 Å². The molecule has 1 N–H and O–H groups in total. The highest BCUT2D eigenvalue weighted by atomic mass is 16.4. The van der Waals surface area contributed by atoms with Crippen molar-refractivity contribution in [1.82, 2.24) is 0 Å². The van der Waals surface area contributed by atoms with E-state index in [4.69, 9.17) is 5.21 Å². The lowest BCUT2D eigenvalue weighted by Gasteiger charge is -2.36. The summed E-state index contributed by atoms with van der Waals surface area (Å²) in [5, 5.41) is 11.6. The third kappa shape index (κ3) is 1.79. The summed E-state index contributed by atoms with van der Waals surface area (Å²) >= 11 is 0. The molecule has 12 heavy (non-hydrogen) atoms. The molecule has 2 heteroatoms. The largest absolute Gasteiger partial charge is 0.411 e. The maximum absolute atomic E-state index is 8.46. The first kappa shape index (κ1) is 9.56. The molecule has 4 atom stereocenters. The fourth-order valence-electron chi connectivity index (χ4n) is 2.19. The zero-order valence-electron chi connectivity index (χ0n) is 8.20. The normalized spacial score (nSPS) is 43.6. The van der Waals surface area contributed by atoms with Gasteiger partial charge in [-0.3, -0.25) is 0 Å². The van der Waals surface area contributed by atoms with Crippen LogP contribution in [-0.2, 0) is 0 Å². The Labute approximate surface area is 74.7 Å². The third-order valence-electron chi connectivity index (χ3n) is 3.62. The van der Waals surface area contributed by atoms with E-state index in [1.165, 1.54) is 12.8 Å². The second-order valence-electron chi connectivity index (χ2n) is 4.20. The highest BCUT2D eigenvalue weighted by Gasteiger charge is 2.30. The van der Waals surface area contributed by atoms with Crippen molar-refractivity contribution in [1.29, 1.82) is 0 Å². The van der Waals surface area contributed by atoms with E-state index < -0.39 is 0 Å². The summed E-state index contributed by atoms with van der Waals surface area (Å²) in [5.74, 6) is 2.72. The minimum absolute atomic E-state index is 0.487. The molecule has 3 unspecified atom stereocenters. The molecule has 0 aromatic heterocycles. The first-order valence-electron chi connectivity index (χ1n) is 4.84. The van der Waals surface area contributed by atoms with Crippen LogP contribution in [0, 0.1) is 23.7 Å². The van der Waals surface area contributed by atoms with Gasteiger partial charge < -0.3 is 5.21 Å². The average Bonchev–Trinajstić information content (AvgIpc) is 2.07. The third-order valence-corrected chi connectivity index (χ3v) is 3.62. The molecule has 0 aromatic carbocycles. The van der Waals surface area contributed by atoms with Gasteiger partial charge in [0, 0.05) is 12.1 Å². The van der Waals surface area contributed by atoms with Crippen molar-refractivity contribution in [3.63, 3.8) is 0 Å². The SMILES string of the molecule is CC1CCC(/C=N\O)C(C)[C@@H]1C. The van der Waals surface area contributed by atoms with Crippen LogP contribution >= 0.6 is 0 Å². The minimum Gasteiger partial charge on any atom is -0.411 e. The molecule has 0 saturated heterocycles. The van der Waals surface area contributed by atoms with Crippen molar-refractivity contribution >= 4 is 6.21 Å². The lowest BCUT2D eigenvalue weighted by Crippen LogP contribution is -2.30. The molecule has 0 spiro atoms. The minimum atomic E-state index is 0.487. The molecule has 1 rings (SSSR count). The fraction of sp³-hybridized carbons (Fsp3) is 0.900. The Morgan fingerprint density at radius 3 is 2.42 bits per heavy atom. The van der Waals surface area contributed by atoms with Gasteiger partial charge in [0.1, 0.15) is 0 Å². The number of rotatable bonds is 1. The highest BCUT2D eigenvalue weighted by molar-refractivity contribution is 5.60. The Morgan fingerprint density at radius 1 is 1.17 bits per heavy atom. The Hall–Kier alpha value is -0.530. The zero-order chi connectivity index (χ0) is 9.14. The van der Waals surface area contributed by atoms with E-state index in [0.29, 0.717) is 11.8 Å². The van der Waals surface area contributed by atoms with Gasteiger partial charge in [-0.25, -0.2) is 0 Å². The first-order valence-corrected chi connectivity index (χ1v) is 4.84. The molecular weight excluding hydrogens is 150 g/mol. The Kier molecular flexibility index (Phi) is 3.12. The molecule has 0 heterocycles. The van der Waals surface area contributed by atoms with Crippen molar-refractivity contribution < 1.29 is 5.21 Å². The van der Waals surface area contributed by atoms with Crippen LogP contribution in [0.4, 0.5) is 0 Å². The second-order valence-corrected chi connectivity index (χ2v) is 4.20. The van der Waals surface area contributed by atoms with Crippen LogP contribution in [0.3, 0.4) is 0 Å². The molecule has 1 aliphatic rings. The second kappa shape index (κ2) is 3.92. The van der Waals surface area contributed by atoms with E-state index in [9.17, 15) is 0 Å². The molecule has 70 valence electrons. The van der Waals surface area contributed by atoms with Gasteiger partial charge in [-0.1, -0.05) is 20.8 Å². The van der Waals surface area contributed by atoms with Crippen LogP contribution < -0.4 is 0 Å². The van der Waals surface area contributed by atoms with Crippen molar-refractivity contribution in [2.45, 2.75) is 33.6 Å². The van der Waals surface area contributed by atoms with Gasteiger partial charge in [-0.05, 0) is 30.6 Å². The summed E-state index contributed by atoms with van der Waals surface area (Å²) in [6.45, 7) is 6.87. The smallest absolute Gasteiger partial charge is 0.0469 e. The first-order chi connectivity index (χ1) is 5.66. The lowest BCUT2D eigenvalue weighted by molar-refractivity contribution is 0.163. The van der Waals surface area contributed by atoms with Crippen molar-refractivity contribution in [3.8, 4) is 0 Å². The molecular formula is C10H19NO. The van der Waals surface area contributed by atoms with E-state index in [2.05, 4.69) is 25.9 Å². The molecule has 0 bridgehead atoms. The van der Waals surface area contributed by atoms with Crippen LogP contribution in [0.25, 0.3) is 0 Å². The van der Waals surface area contributed by atoms with E-state index in [1.54, 1.807) is 6.21 Å². The molecule has 0 aromatic rings. The van der Waals surface area contributed by atoms with Gasteiger partial charge in [-0.15, -0.1) is 5.16 Å². The average molecular weight is 169 g/mol. The van der Waals surface area contributed by atoms with E-state index in [0.717, 1.165) is 11.8 Å². The predicted molar refractivity (Wildman–Crippen MR) is 50.5 cm³/mol. The molecule has 0 aliphatic heterocycles. The predicted octanol–water partition coefficient (Wildman–Crippen LogP) is 2.76. The summed E-state index contributed by atoms with van der Waals surface area (Å²) in [6, 6.07) is 0. The van der Waals surface area contributed by atoms with Crippen molar-refractivity contribution in [3.05, 3.63) is 0 Å². The number of nitrogens with zero attached hydrogens (tertiary/aromatic N) is 1. The van der Waals surface area contributed by atoms with Crippen LogP contribution in [-0.4, -0.2) is 11.4 Å². The summed E-state index contributed by atoms with van der Waals surface area (Å²) in [5.41, 5.74) is 0. The molecule has 1 saturated carbocycles. The summed E-state index contributed by atoms with van der Waals surface area (Å²) < 4.78 is 0. The quantitative estimate of drug-likeness (QED) is 0.365. The van der Waals surface area contributed by atoms with E-state index >= 15 is 0 Å². The fourth-order valence-corrected chi connectivity index (χ4v) is 2.19. The Morgan fingerprint density at radius 2 is 1.83 bits per heavy atom. The zero-order valence-corrected chi connectivity index (χ0v) is 8.20. The van der Waals surface area contributed by atoms with Crippen molar-refractivity contribution in [2.75, 3.05) is 0 Å². The van der Waals surface area contributed by atoms with Crippen LogP contribution in [0.15, 0.2) is 5.16 Å². The number of hydrogen-bond donors (Lipinski definition) is 1. The van der Waals surface area contributed by atoms with E-state index in [-0.39, 0.29) is 0 Å². The summed E-state index contributed by atoms with van der Waals surface area (Å²) in [7, 11) is 0. The summed E-state index contributed by atoms with van der Waals surface area (Å²) in [4.78, 5) is 0. The van der Waals surface area contributed by atoms with Crippen molar-refractivity contribution in [2.24, 2.45) is 28.8 Å². The highest BCUT2D eigenvalue weighted by Crippen LogP contribution is 2.37. The molecule has 1 aliphatic carbocycles. The monoisotopic (exact) mass is 169 g/mol. The van der Waals surface area contributed by atoms with Gasteiger partial charge in [0.2, 0.25) is 0 Å². The van der Waals surface area contributed by atoms with Crippen LogP contribution in [0.1, 0.15) is 33.6 Å². The number of oxime groups is 1. The number of hydrogen-bond acceptors (Lipinski definition) is 2. The van der Waals surface area contributed by atoms with Crippen LogP contribution in [0.5, 0.6) is 0 Å². The van der Waals surface area contributed by atoms with Gasteiger partial charge in [0.25, 0.3) is 0 Å². The van der Waals surface area contributed by atoms with E-state index in [1.807, 2.05) is 0 Å². The molecule has 2 nitrogen and oxygen atoms in total. The summed E-state index contributed by atoms with van der Waals surface area (Å²) in [6.07, 6.45) is 4.14. The Bertz CT molecular complexity index is 167. The van der Waals surface area contributed by atoms with Gasteiger partial charge in [0.05, 0.1) is 0 Å². The lowest BCUT2D eigenvalue weighted by atomic mass is 9.69. The molecule has 0 amide bonds. The maximum Gasteiger partial charge on any atom is 0.0469 e.